The molecule has 1 aromatic carbocycles. The Morgan fingerprint density at radius 3 is 2.33 bits per heavy atom. The molecule has 0 fully saturated rings. The molecule has 2 aromatic rings. The Bertz CT molecular complexity index is 569. The maximum atomic E-state index is 12.2. The molecule has 0 spiro atoms. The molecular weight excluding hydrogens is 244 g/mol. The molecule has 0 aliphatic heterocycles. The van der Waals surface area contributed by atoms with E-state index in [-0.39, 0.29) is 17.5 Å². The van der Waals surface area contributed by atoms with E-state index in [4.69, 9.17) is 0 Å². The normalized spacial score (nSPS) is 12.1. The van der Waals surface area contributed by atoms with E-state index in [0.717, 1.165) is 4.88 Å². The number of ketones is 2. The summed E-state index contributed by atoms with van der Waals surface area (Å²) in [5, 5.41) is 0. The summed E-state index contributed by atoms with van der Waals surface area (Å²) in [6.07, 6.45) is 0. The molecule has 0 aliphatic carbocycles. The van der Waals surface area contributed by atoms with E-state index in [1.807, 2.05) is 31.2 Å². The zero-order valence-corrected chi connectivity index (χ0v) is 11.2. The molecule has 92 valence electrons. The van der Waals surface area contributed by atoms with Crippen LogP contribution in [0.5, 0.6) is 0 Å². The maximum absolute atomic E-state index is 12.2. The molecule has 1 unspecified atom stereocenters. The molecule has 1 aromatic heterocycles. The molecule has 0 radical (unpaired) electrons. The van der Waals surface area contributed by atoms with Crippen LogP contribution in [0, 0.1) is 0 Å². The number of carbonyl (C=O) groups is 2. The Morgan fingerprint density at radius 2 is 1.72 bits per heavy atom. The van der Waals surface area contributed by atoms with Crippen molar-refractivity contribution in [2.24, 2.45) is 0 Å². The first-order valence-electron chi connectivity index (χ1n) is 5.79. The van der Waals surface area contributed by atoms with Crippen molar-refractivity contribution in [2.75, 3.05) is 0 Å². The quantitative estimate of drug-likeness (QED) is 0.784. The van der Waals surface area contributed by atoms with Gasteiger partial charge in [0.05, 0.1) is 4.88 Å². The number of carbonyl (C=O) groups excluding carboxylic acids is 2. The van der Waals surface area contributed by atoms with Gasteiger partial charge in [-0.2, -0.15) is 0 Å². The number of hydrogen-bond donors (Lipinski definition) is 0. The molecule has 0 saturated heterocycles. The van der Waals surface area contributed by atoms with Gasteiger partial charge in [-0.05, 0) is 19.1 Å². The third-order valence-electron chi connectivity index (χ3n) is 2.92. The summed E-state index contributed by atoms with van der Waals surface area (Å²) in [6, 6.07) is 12.8. The highest BCUT2D eigenvalue weighted by atomic mass is 32.1. The van der Waals surface area contributed by atoms with E-state index in [1.54, 1.807) is 25.1 Å². The summed E-state index contributed by atoms with van der Waals surface area (Å²) in [5.74, 6) is 0.00508. The first-order chi connectivity index (χ1) is 8.59. The van der Waals surface area contributed by atoms with Crippen LogP contribution in [0.4, 0.5) is 0 Å². The highest BCUT2D eigenvalue weighted by molar-refractivity contribution is 7.14. The van der Waals surface area contributed by atoms with Crippen LogP contribution in [0.2, 0.25) is 0 Å². The van der Waals surface area contributed by atoms with Gasteiger partial charge in [0.2, 0.25) is 5.78 Å². The third-order valence-corrected chi connectivity index (χ3v) is 4.19. The third kappa shape index (κ3) is 2.57. The largest absolute Gasteiger partial charge is 0.299 e. The topological polar surface area (TPSA) is 34.1 Å². The van der Waals surface area contributed by atoms with Gasteiger partial charge in [-0.3, -0.25) is 9.59 Å². The summed E-state index contributed by atoms with van der Waals surface area (Å²) in [6.45, 7) is 3.44. The van der Waals surface area contributed by atoms with Gasteiger partial charge >= 0.3 is 0 Å². The predicted molar refractivity (Wildman–Crippen MR) is 73.3 cm³/mol. The van der Waals surface area contributed by atoms with Gasteiger partial charge in [0, 0.05) is 16.4 Å². The lowest BCUT2D eigenvalue weighted by Gasteiger charge is -2.02. The van der Waals surface area contributed by atoms with Crippen molar-refractivity contribution < 1.29 is 9.59 Å². The second kappa shape index (κ2) is 5.27. The van der Waals surface area contributed by atoms with Crippen LogP contribution >= 0.6 is 11.3 Å². The number of Topliss-reactive ketones (excluding diaryl/α,β-unsaturated/α-hetero) is 1. The molecule has 0 N–H and O–H groups in total. The average Bonchev–Trinajstić information content (AvgIpc) is 2.87. The Kier molecular flexibility index (Phi) is 3.72. The summed E-state index contributed by atoms with van der Waals surface area (Å²) in [4.78, 5) is 25.1. The van der Waals surface area contributed by atoms with Gasteiger partial charge in [0.25, 0.3) is 0 Å². The molecule has 2 nitrogen and oxygen atoms in total. The highest BCUT2D eigenvalue weighted by Crippen LogP contribution is 2.27. The van der Waals surface area contributed by atoms with Crippen molar-refractivity contribution in [1.82, 2.24) is 0 Å². The number of hydrogen-bond acceptors (Lipinski definition) is 3. The molecule has 0 amide bonds. The van der Waals surface area contributed by atoms with Gasteiger partial charge in [0.15, 0.2) is 0 Å². The van der Waals surface area contributed by atoms with Gasteiger partial charge in [-0.25, -0.2) is 0 Å². The summed E-state index contributed by atoms with van der Waals surface area (Å²) >= 11 is 1.40. The molecule has 1 heterocycles. The van der Waals surface area contributed by atoms with Crippen molar-refractivity contribution in [3.05, 3.63) is 57.8 Å². The monoisotopic (exact) mass is 258 g/mol. The van der Waals surface area contributed by atoms with Gasteiger partial charge < -0.3 is 0 Å². The first kappa shape index (κ1) is 12.7. The molecular formula is C15H14O2S. The first-order valence-corrected chi connectivity index (χ1v) is 6.61. The lowest BCUT2D eigenvalue weighted by molar-refractivity contribution is -0.118. The van der Waals surface area contributed by atoms with Gasteiger partial charge in [-0.1, -0.05) is 37.3 Å². The van der Waals surface area contributed by atoms with E-state index >= 15 is 0 Å². The highest BCUT2D eigenvalue weighted by Gasteiger charge is 2.16. The Balaban J connectivity index is 2.26. The molecule has 18 heavy (non-hydrogen) atoms. The second-order valence-corrected chi connectivity index (χ2v) is 5.34. The maximum Gasteiger partial charge on any atom is 0.202 e. The standard InChI is InChI=1S/C15H14O2S/c1-10(11(2)16)13-8-9-14(18-13)15(17)12-6-4-3-5-7-12/h3-10H,1-2H3. The fourth-order valence-corrected chi connectivity index (χ4v) is 2.72. The smallest absolute Gasteiger partial charge is 0.202 e. The van der Waals surface area contributed by atoms with E-state index in [2.05, 4.69) is 0 Å². The Labute approximate surface area is 110 Å². The van der Waals surface area contributed by atoms with E-state index in [9.17, 15) is 9.59 Å². The van der Waals surface area contributed by atoms with Crippen molar-refractivity contribution in [3.63, 3.8) is 0 Å². The van der Waals surface area contributed by atoms with Gasteiger partial charge in [0.1, 0.15) is 5.78 Å². The van der Waals surface area contributed by atoms with Crippen LogP contribution in [-0.2, 0) is 4.79 Å². The Morgan fingerprint density at radius 1 is 1.06 bits per heavy atom. The van der Waals surface area contributed by atoms with E-state index < -0.39 is 0 Å². The number of thiophene rings is 1. The van der Waals surface area contributed by atoms with Gasteiger partial charge in [-0.15, -0.1) is 11.3 Å². The zero-order valence-electron chi connectivity index (χ0n) is 10.3. The van der Waals surface area contributed by atoms with Crippen LogP contribution in [-0.4, -0.2) is 11.6 Å². The fourth-order valence-electron chi connectivity index (χ4n) is 1.64. The fraction of sp³-hybridized carbons (Fsp3) is 0.200. The van der Waals surface area contributed by atoms with Crippen molar-refractivity contribution in [2.45, 2.75) is 19.8 Å². The summed E-state index contributed by atoms with van der Waals surface area (Å²) < 4.78 is 0. The zero-order chi connectivity index (χ0) is 13.1. The molecule has 0 saturated carbocycles. The minimum absolute atomic E-state index is 0.0163. The minimum atomic E-state index is -0.132. The lowest BCUT2D eigenvalue weighted by atomic mass is 10.1. The summed E-state index contributed by atoms with van der Waals surface area (Å²) in [7, 11) is 0. The number of rotatable bonds is 4. The lowest BCUT2D eigenvalue weighted by Crippen LogP contribution is -2.01. The molecule has 2 rings (SSSR count). The minimum Gasteiger partial charge on any atom is -0.299 e. The molecule has 0 bridgehead atoms. The molecule has 3 heteroatoms. The summed E-state index contributed by atoms with van der Waals surface area (Å²) in [5.41, 5.74) is 0.682. The van der Waals surface area contributed by atoms with E-state index in [1.165, 1.54) is 11.3 Å². The number of benzene rings is 1. The van der Waals surface area contributed by atoms with Crippen LogP contribution < -0.4 is 0 Å². The Hall–Kier alpha value is -1.74. The van der Waals surface area contributed by atoms with Crippen molar-refractivity contribution in [1.29, 1.82) is 0 Å². The van der Waals surface area contributed by atoms with Crippen LogP contribution in [0.1, 0.15) is 39.9 Å². The van der Waals surface area contributed by atoms with Crippen LogP contribution in [0.25, 0.3) is 0 Å². The average molecular weight is 258 g/mol. The van der Waals surface area contributed by atoms with Crippen molar-refractivity contribution in [3.8, 4) is 0 Å². The van der Waals surface area contributed by atoms with E-state index in [0.29, 0.717) is 10.4 Å². The predicted octanol–water partition coefficient (Wildman–Crippen LogP) is 3.67. The second-order valence-electron chi connectivity index (χ2n) is 4.23. The molecule has 0 aliphatic rings. The van der Waals surface area contributed by atoms with Crippen molar-refractivity contribution >= 4 is 22.9 Å². The van der Waals surface area contributed by atoms with Crippen LogP contribution in [0.3, 0.4) is 0 Å². The SMILES string of the molecule is CC(=O)C(C)c1ccc(C(=O)c2ccccc2)s1. The van der Waals surface area contributed by atoms with Crippen LogP contribution in [0.15, 0.2) is 42.5 Å². The molecule has 1 atom stereocenters.